The summed E-state index contributed by atoms with van der Waals surface area (Å²) in [5, 5.41) is 4.03. The molecule has 4 heteroatoms. The number of benzene rings is 1. The smallest absolute Gasteiger partial charge is 0.184 e. The molecule has 0 saturated heterocycles. The summed E-state index contributed by atoms with van der Waals surface area (Å²) in [6.07, 6.45) is 4.31. The molecule has 0 fully saturated rings. The quantitative estimate of drug-likeness (QED) is 0.834. The largest absolute Gasteiger partial charge is 0.317 e. The molecule has 0 aliphatic carbocycles. The molecule has 1 unspecified atom stereocenters. The Hall–Kier alpha value is -1.94. The first-order valence-electron chi connectivity index (χ1n) is 5.99. The van der Waals surface area contributed by atoms with Crippen molar-refractivity contribution in [1.82, 2.24) is 9.78 Å². The molecule has 1 atom stereocenters. The fourth-order valence-corrected chi connectivity index (χ4v) is 1.88. The fourth-order valence-electron chi connectivity index (χ4n) is 1.88. The predicted octanol–water partition coefficient (Wildman–Crippen LogP) is 1.87. The van der Waals surface area contributed by atoms with E-state index in [2.05, 4.69) is 12.0 Å². The average molecular weight is 243 g/mol. The van der Waals surface area contributed by atoms with Crippen LogP contribution >= 0.6 is 0 Å². The molecule has 1 aromatic heterocycles. The van der Waals surface area contributed by atoms with Gasteiger partial charge in [0.2, 0.25) is 0 Å². The number of carbonyl (C=O) groups excluding carboxylic acids is 1. The molecule has 1 heterocycles. The number of carbonyl (C=O) groups is 1. The molecule has 0 amide bonds. The Kier molecular flexibility index (Phi) is 3.58. The molecule has 0 aliphatic rings. The van der Waals surface area contributed by atoms with Crippen LogP contribution in [0.4, 0.5) is 0 Å². The van der Waals surface area contributed by atoms with Gasteiger partial charge in [-0.25, -0.2) is 0 Å². The summed E-state index contributed by atoms with van der Waals surface area (Å²) in [6.45, 7) is 2.06. The lowest BCUT2D eigenvalue weighted by Gasteiger charge is -2.09. The van der Waals surface area contributed by atoms with Crippen molar-refractivity contribution in [1.29, 1.82) is 0 Å². The van der Waals surface area contributed by atoms with E-state index in [4.69, 9.17) is 5.73 Å². The molecule has 0 saturated carbocycles. The predicted molar refractivity (Wildman–Crippen MR) is 70.3 cm³/mol. The van der Waals surface area contributed by atoms with E-state index in [0.717, 1.165) is 17.5 Å². The van der Waals surface area contributed by atoms with Crippen LogP contribution in [0, 0.1) is 0 Å². The third-order valence-electron chi connectivity index (χ3n) is 2.99. The Morgan fingerprint density at radius 2 is 2.28 bits per heavy atom. The highest BCUT2D eigenvalue weighted by Gasteiger charge is 2.19. The molecule has 0 spiro atoms. The zero-order valence-corrected chi connectivity index (χ0v) is 10.6. The summed E-state index contributed by atoms with van der Waals surface area (Å²) in [5.41, 5.74) is 8.51. The van der Waals surface area contributed by atoms with Gasteiger partial charge < -0.3 is 5.73 Å². The van der Waals surface area contributed by atoms with Gasteiger partial charge in [-0.15, -0.1) is 0 Å². The maximum absolute atomic E-state index is 12.3. The highest BCUT2D eigenvalue weighted by Crippen LogP contribution is 2.16. The van der Waals surface area contributed by atoms with Gasteiger partial charge in [0, 0.05) is 24.4 Å². The van der Waals surface area contributed by atoms with Crippen molar-refractivity contribution in [2.75, 3.05) is 0 Å². The van der Waals surface area contributed by atoms with E-state index in [1.165, 1.54) is 0 Å². The molecule has 2 N–H and O–H groups in total. The fraction of sp³-hybridized carbons (Fsp3) is 0.286. The first-order valence-corrected chi connectivity index (χ1v) is 5.99. The molecular formula is C14H17N3O. The number of aryl methyl sites for hydroxylation is 2. The van der Waals surface area contributed by atoms with Crippen LogP contribution in [-0.2, 0) is 13.5 Å². The Morgan fingerprint density at radius 3 is 2.89 bits per heavy atom. The normalized spacial score (nSPS) is 12.4. The number of hydrogen-bond acceptors (Lipinski definition) is 3. The van der Waals surface area contributed by atoms with Crippen molar-refractivity contribution in [2.45, 2.75) is 19.4 Å². The maximum atomic E-state index is 12.3. The Bertz CT molecular complexity index is 560. The summed E-state index contributed by atoms with van der Waals surface area (Å²) in [6, 6.07) is 6.95. The van der Waals surface area contributed by atoms with E-state index in [0.29, 0.717) is 5.56 Å². The minimum atomic E-state index is -0.647. The van der Waals surface area contributed by atoms with Gasteiger partial charge in [-0.3, -0.25) is 9.48 Å². The molecule has 0 aliphatic heterocycles. The van der Waals surface area contributed by atoms with Crippen LogP contribution in [0.25, 0.3) is 0 Å². The van der Waals surface area contributed by atoms with E-state index in [1.54, 1.807) is 30.2 Å². The molecule has 18 heavy (non-hydrogen) atoms. The number of ketones is 1. The van der Waals surface area contributed by atoms with Crippen molar-refractivity contribution in [2.24, 2.45) is 12.8 Å². The summed E-state index contributed by atoms with van der Waals surface area (Å²) >= 11 is 0. The molecule has 0 bridgehead atoms. The molecular weight excluding hydrogens is 226 g/mol. The van der Waals surface area contributed by atoms with Crippen molar-refractivity contribution in [3.05, 3.63) is 53.3 Å². The highest BCUT2D eigenvalue weighted by molar-refractivity contribution is 6.00. The van der Waals surface area contributed by atoms with Crippen LogP contribution in [0.15, 0.2) is 36.7 Å². The van der Waals surface area contributed by atoms with Gasteiger partial charge in [0.1, 0.15) is 0 Å². The number of nitrogens with zero attached hydrogens (tertiary/aromatic N) is 2. The summed E-state index contributed by atoms with van der Waals surface area (Å²) < 4.78 is 1.64. The third-order valence-corrected chi connectivity index (χ3v) is 2.99. The minimum Gasteiger partial charge on any atom is -0.317 e. The van der Waals surface area contributed by atoms with E-state index >= 15 is 0 Å². The number of nitrogens with two attached hydrogens (primary N) is 1. The highest BCUT2D eigenvalue weighted by atomic mass is 16.1. The number of rotatable bonds is 4. The second-order valence-corrected chi connectivity index (χ2v) is 4.34. The molecule has 2 aromatic rings. The van der Waals surface area contributed by atoms with Crippen LogP contribution in [0.3, 0.4) is 0 Å². The van der Waals surface area contributed by atoms with E-state index in [-0.39, 0.29) is 5.78 Å². The van der Waals surface area contributed by atoms with Gasteiger partial charge in [0.25, 0.3) is 0 Å². The van der Waals surface area contributed by atoms with Crippen LogP contribution in [0.5, 0.6) is 0 Å². The molecule has 0 radical (unpaired) electrons. The number of hydrogen-bond donors (Lipinski definition) is 1. The first kappa shape index (κ1) is 12.5. The SMILES string of the molecule is CCc1cccc(C(=O)C(N)c2cnn(C)c2)c1. The molecule has 2 rings (SSSR count). The van der Waals surface area contributed by atoms with Crippen LogP contribution in [-0.4, -0.2) is 15.6 Å². The summed E-state index contributed by atoms with van der Waals surface area (Å²) in [7, 11) is 1.80. The molecule has 94 valence electrons. The summed E-state index contributed by atoms with van der Waals surface area (Å²) in [5.74, 6) is -0.0710. The zero-order valence-electron chi connectivity index (χ0n) is 10.6. The van der Waals surface area contributed by atoms with Crippen molar-refractivity contribution in [3.63, 3.8) is 0 Å². The Labute approximate surface area is 106 Å². The van der Waals surface area contributed by atoms with Crippen LogP contribution in [0.2, 0.25) is 0 Å². The molecule has 1 aromatic carbocycles. The van der Waals surface area contributed by atoms with Crippen molar-refractivity contribution >= 4 is 5.78 Å². The standard InChI is InChI=1S/C14H17N3O/c1-3-10-5-4-6-11(7-10)14(18)13(15)12-8-16-17(2)9-12/h4-9,13H,3,15H2,1-2H3. The van der Waals surface area contributed by atoms with E-state index in [9.17, 15) is 4.79 Å². The zero-order chi connectivity index (χ0) is 13.1. The second kappa shape index (κ2) is 5.14. The molecule has 4 nitrogen and oxygen atoms in total. The lowest BCUT2D eigenvalue weighted by Crippen LogP contribution is -2.21. The van der Waals surface area contributed by atoms with Gasteiger partial charge in [-0.2, -0.15) is 5.10 Å². The van der Waals surface area contributed by atoms with Crippen LogP contribution in [0.1, 0.15) is 34.5 Å². The number of Topliss-reactive ketones (excluding diaryl/α,β-unsaturated/α-hetero) is 1. The van der Waals surface area contributed by atoms with Gasteiger partial charge in [-0.05, 0) is 18.1 Å². The monoisotopic (exact) mass is 243 g/mol. The topological polar surface area (TPSA) is 60.9 Å². The second-order valence-electron chi connectivity index (χ2n) is 4.34. The van der Waals surface area contributed by atoms with E-state index < -0.39 is 6.04 Å². The van der Waals surface area contributed by atoms with Crippen molar-refractivity contribution in [3.8, 4) is 0 Å². The van der Waals surface area contributed by atoms with Gasteiger partial charge >= 0.3 is 0 Å². The van der Waals surface area contributed by atoms with E-state index in [1.807, 2.05) is 18.2 Å². The first-order chi connectivity index (χ1) is 8.61. The Balaban J connectivity index is 2.25. The third kappa shape index (κ3) is 2.49. The lowest BCUT2D eigenvalue weighted by molar-refractivity contribution is 0.0961. The summed E-state index contributed by atoms with van der Waals surface area (Å²) in [4.78, 5) is 12.3. The van der Waals surface area contributed by atoms with Crippen molar-refractivity contribution < 1.29 is 4.79 Å². The lowest BCUT2D eigenvalue weighted by atomic mass is 9.98. The number of aromatic nitrogens is 2. The van der Waals surface area contributed by atoms with Crippen LogP contribution < -0.4 is 5.73 Å². The average Bonchev–Trinajstić information content (AvgIpc) is 2.83. The minimum absolute atomic E-state index is 0.0710. The van der Waals surface area contributed by atoms with Gasteiger partial charge in [-0.1, -0.05) is 25.1 Å². The Morgan fingerprint density at radius 1 is 1.50 bits per heavy atom. The van der Waals surface area contributed by atoms with Gasteiger partial charge in [0.05, 0.1) is 12.2 Å². The van der Waals surface area contributed by atoms with Gasteiger partial charge in [0.15, 0.2) is 5.78 Å². The maximum Gasteiger partial charge on any atom is 0.184 e.